The summed E-state index contributed by atoms with van der Waals surface area (Å²) >= 11 is 11.8. The molecule has 4 aromatic rings. The highest BCUT2D eigenvalue weighted by atomic mass is 35.5. The minimum Gasteiger partial charge on any atom is -0.298 e. The van der Waals surface area contributed by atoms with E-state index in [1.165, 1.54) is 24.3 Å². The van der Waals surface area contributed by atoms with Gasteiger partial charge in [-0.15, -0.1) is 0 Å². The SMILES string of the molecule is O=C(C(Cc1ccc(Cl)nc1)c1cccc(F)c1)C(Cc1ccc(Cl)nc1)c1cccc(F)c1. The number of halogens is 4. The third-order valence-electron chi connectivity index (χ3n) is 5.65. The highest BCUT2D eigenvalue weighted by Gasteiger charge is 2.30. The molecule has 0 amide bonds. The van der Waals surface area contributed by atoms with E-state index < -0.39 is 23.5 Å². The van der Waals surface area contributed by atoms with Gasteiger partial charge in [-0.05, 0) is 71.5 Å². The van der Waals surface area contributed by atoms with Crippen LogP contribution < -0.4 is 0 Å². The molecule has 3 nitrogen and oxygen atoms in total. The first-order chi connectivity index (χ1) is 16.4. The highest BCUT2D eigenvalue weighted by molar-refractivity contribution is 6.29. The van der Waals surface area contributed by atoms with Gasteiger partial charge in [-0.3, -0.25) is 4.79 Å². The highest BCUT2D eigenvalue weighted by Crippen LogP contribution is 2.33. The average molecular weight is 497 g/mol. The van der Waals surface area contributed by atoms with Gasteiger partial charge in [0.05, 0.1) is 0 Å². The van der Waals surface area contributed by atoms with Gasteiger partial charge in [0.15, 0.2) is 0 Å². The molecule has 172 valence electrons. The molecule has 0 bridgehead atoms. The molecular weight excluding hydrogens is 477 g/mol. The molecule has 0 aliphatic rings. The van der Waals surface area contributed by atoms with Crippen LogP contribution in [0.15, 0.2) is 85.2 Å². The molecule has 2 heterocycles. The Morgan fingerprint density at radius 1 is 0.706 bits per heavy atom. The second kappa shape index (κ2) is 10.9. The Morgan fingerprint density at radius 2 is 1.15 bits per heavy atom. The van der Waals surface area contributed by atoms with Crippen molar-refractivity contribution in [3.05, 3.63) is 129 Å². The Labute approximate surface area is 206 Å². The minimum absolute atomic E-state index is 0.166. The molecule has 2 unspecified atom stereocenters. The summed E-state index contributed by atoms with van der Waals surface area (Å²) in [5.74, 6) is -2.41. The summed E-state index contributed by atoms with van der Waals surface area (Å²) in [4.78, 5) is 22.3. The summed E-state index contributed by atoms with van der Waals surface area (Å²) < 4.78 is 28.3. The van der Waals surface area contributed by atoms with E-state index in [2.05, 4.69) is 9.97 Å². The maximum absolute atomic E-state index is 14.1. The number of benzene rings is 2. The first-order valence-electron chi connectivity index (χ1n) is 10.6. The van der Waals surface area contributed by atoms with E-state index >= 15 is 0 Å². The zero-order valence-corrected chi connectivity index (χ0v) is 19.5. The van der Waals surface area contributed by atoms with Gasteiger partial charge in [0, 0.05) is 24.2 Å². The normalized spacial score (nSPS) is 12.8. The Kier molecular flexibility index (Phi) is 7.66. The van der Waals surface area contributed by atoms with E-state index in [1.54, 1.807) is 60.9 Å². The summed E-state index contributed by atoms with van der Waals surface area (Å²) in [6, 6.07) is 18.8. The van der Waals surface area contributed by atoms with Crippen molar-refractivity contribution in [3.63, 3.8) is 0 Å². The molecule has 7 heteroatoms. The first-order valence-corrected chi connectivity index (χ1v) is 11.4. The summed E-state index contributed by atoms with van der Waals surface area (Å²) in [5.41, 5.74) is 2.63. The summed E-state index contributed by atoms with van der Waals surface area (Å²) in [6.45, 7) is 0. The topological polar surface area (TPSA) is 42.9 Å². The van der Waals surface area contributed by atoms with Gasteiger partial charge in [-0.1, -0.05) is 59.6 Å². The van der Waals surface area contributed by atoms with E-state index in [0.717, 1.165) is 11.1 Å². The number of pyridine rings is 2. The van der Waals surface area contributed by atoms with Gasteiger partial charge in [0.25, 0.3) is 0 Å². The second-order valence-corrected chi connectivity index (χ2v) is 8.78. The molecule has 0 radical (unpaired) electrons. The number of carbonyl (C=O) groups is 1. The van der Waals surface area contributed by atoms with Crippen LogP contribution in [0.2, 0.25) is 10.3 Å². The summed E-state index contributed by atoms with van der Waals surface area (Å²) in [6.07, 6.45) is 3.78. The fraction of sp³-hybridized carbons (Fsp3) is 0.148. The van der Waals surface area contributed by atoms with Gasteiger partial charge < -0.3 is 0 Å². The van der Waals surface area contributed by atoms with Gasteiger partial charge in [-0.2, -0.15) is 0 Å². The van der Waals surface area contributed by atoms with Crippen LogP contribution in [-0.4, -0.2) is 15.8 Å². The lowest BCUT2D eigenvalue weighted by Crippen LogP contribution is -2.24. The number of Topliss-reactive ketones (excluding diaryl/α,β-unsaturated/α-hetero) is 1. The third-order valence-corrected chi connectivity index (χ3v) is 6.09. The molecule has 2 aromatic carbocycles. The Balaban J connectivity index is 1.76. The van der Waals surface area contributed by atoms with Gasteiger partial charge in [0.2, 0.25) is 0 Å². The van der Waals surface area contributed by atoms with Crippen LogP contribution in [-0.2, 0) is 17.6 Å². The molecule has 2 aromatic heterocycles. The van der Waals surface area contributed by atoms with Gasteiger partial charge in [-0.25, -0.2) is 18.7 Å². The quantitative estimate of drug-likeness (QED) is 0.247. The van der Waals surface area contributed by atoms with Crippen molar-refractivity contribution < 1.29 is 13.6 Å². The fourth-order valence-corrected chi connectivity index (χ4v) is 4.20. The lowest BCUT2D eigenvalue weighted by molar-refractivity contribution is -0.122. The van der Waals surface area contributed by atoms with Crippen molar-refractivity contribution in [2.75, 3.05) is 0 Å². The van der Waals surface area contributed by atoms with Crippen molar-refractivity contribution >= 4 is 29.0 Å². The maximum atomic E-state index is 14.1. The average Bonchev–Trinajstić information content (AvgIpc) is 2.83. The van der Waals surface area contributed by atoms with E-state index in [1.807, 2.05) is 0 Å². The lowest BCUT2D eigenvalue weighted by Gasteiger charge is -2.24. The molecule has 0 saturated heterocycles. The Morgan fingerprint density at radius 3 is 1.50 bits per heavy atom. The lowest BCUT2D eigenvalue weighted by atomic mass is 9.78. The van der Waals surface area contributed by atoms with Crippen molar-refractivity contribution in [2.45, 2.75) is 24.7 Å². The molecule has 2 atom stereocenters. The first kappa shape index (κ1) is 24.0. The number of hydrogen-bond donors (Lipinski definition) is 0. The molecule has 0 aliphatic carbocycles. The number of nitrogens with zero attached hydrogens (tertiary/aromatic N) is 2. The fourth-order valence-electron chi connectivity index (χ4n) is 3.98. The van der Waals surface area contributed by atoms with Gasteiger partial charge in [0.1, 0.15) is 27.7 Å². The zero-order chi connectivity index (χ0) is 24.1. The van der Waals surface area contributed by atoms with Crippen LogP contribution in [0.5, 0.6) is 0 Å². The minimum atomic E-state index is -0.688. The van der Waals surface area contributed by atoms with E-state index in [0.29, 0.717) is 21.4 Å². The number of hydrogen-bond acceptors (Lipinski definition) is 3. The maximum Gasteiger partial charge on any atom is 0.148 e. The van der Waals surface area contributed by atoms with Gasteiger partial charge >= 0.3 is 0 Å². The number of carbonyl (C=O) groups excluding carboxylic acids is 1. The summed E-state index contributed by atoms with van der Waals surface area (Å²) in [5, 5.41) is 0.676. The van der Waals surface area contributed by atoms with E-state index in [-0.39, 0.29) is 18.6 Å². The molecule has 0 N–H and O–H groups in total. The number of aromatic nitrogens is 2. The molecule has 34 heavy (non-hydrogen) atoms. The Bertz CT molecular complexity index is 1180. The molecule has 0 aliphatic heterocycles. The van der Waals surface area contributed by atoms with Crippen molar-refractivity contribution in [1.29, 1.82) is 0 Å². The molecule has 0 spiro atoms. The third kappa shape index (κ3) is 6.04. The van der Waals surface area contributed by atoms with Crippen LogP contribution in [0, 0.1) is 11.6 Å². The molecule has 0 saturated carbocycles. The van der Waals surface area contributed by atoms with Crippen LogP contribution in [0.25, 0.3) is 0 Å². The Hall–Kier alpha value is -3.15. The summed E-state index contributed by atoms with van der Waals surface area (Å²) in [7, 11) is 0. The zero-order valence-electron chi connectivity index (χ0n) is 18.0. The van der Waals surface area contributed by atoms with E-state index in [4.69, 9.17) is 23.2 Å². The molecular formula is C27H20Cl2F2N2O. The van der Waals surface area contributed by atoms with Crippen LogP contribution in [0.1, 0.15) is 34.1 Å². The largest absolute Gasteiger partial charge is 0.298 e. The standard InChI is InChI=1S/C27H20Cl2F2N2O/c28-25-9-7-17(15-32-25)11-23(19-3-1-5-21(30)13-19)27(34)24(20-4-2-6-22(31)14-20)12-18-8-10-26(29)33-16-18/h1-10,13-16,23-24H,11-12H2. The van der Waals surface area contributed by atoms with Crippen LogP contribution >= 0.6 is 23.2 Å². The molecule has 4 rings (SSSR count). The van der Waals surface area contributed by atoms with Crippen molar-refractivity contribution in [3.8, 4) is 0 Å². The van der Waals surface area contributed by atoms with Crippen molar-refractivity contribution in [2.24, 2.45) is 0 Å². The second-order valence-electron chi connectivity index (χ2n) is 8.00. The smallest absolute Gasteiger partial charge is 0.148 e. The number of ketones is 1. The van der Waals surface area contributed by atoms with Crippen LogP contribution in [0.3, 0.4) is 0 Å². The van der Waals surface area contributed by atoms with Crippen molar-refractivity contribution in [1.82, 2.24) is 9.97 Å². The number of rotatable bonds is 8. The predicted octanol–water partition coefficient (Wildman–Crippen LogP) is 6.98. The predicted molar refractivity (Wildman–Crippen MR) is 129 cm³/mol. The molecule has 0 fully saturated rings. The van der Waals surface area contributed by atoms with E-state index in [9.17, 15) is 13.6 Å². The van der Waals surface area contributed by atoms with Crippen LogP contribution in [0.4, 0.5) is 8.78 Å². The monoisotopic (exact) mass is 496 g/mol.